The zero-order valence-corrected chi connectivity index (χ0v) is 13.4. The Kier molecular flexibility index (Phi) is 6.13. The standard InChI is InChI=1S/C14H24N2O3S/c1-5-16(11(2)10-19-4)20(17,18)14-8-6-13(7-9-14)12(3)15/h6-9,11-12H,5,10,15H2,1-4H3. The molecule has 0 saturated heterocycles. The van der Waals surface area contributed by atoms with Gasteiger partial charge in [-0.3, -0.25) is 0 Å². The van der Waals surface area contributed by atoms with Crippen LogP contribution in [0, 0.1) is 0 Å². The second-order valence-corrected chi connectivity index (χ2v) is 6.76. The van der Waals surface area contributed by atoms with Gasteiger partial charge in [0.25, 0.3) is 0 Å². The predicted molar refractivity (Wildman–Crippen MR) is 79.9 cm³/mol. The number of hydrogen-bond acceptors (Lipinski definition) is 4. The third-order valence-corrected chi connectivity index (χ3v) is 5.33. The van der Waals surface area contributed by atoms with E-state index in [1.807, 2.05) is 20.8 Å². The molecule has 0 bridgehead atoms. The van der Waals surface area contributed by atoms with E-state index in [1.54, 1.807) is 31.4 Å². The van der Waals surface area contributed by atoms with Gasteiger partial charge in [-0.1, -0.05) is 19.1 Å². The fourth-order valence-corrected chi connectivity index (χ4v) is 3.75. The molecule has 1 rings (SSSR count). The number of sulfonamides is 1. The number of ether oxygens (including phenoxy) is 1. The lowest BCUT2D eigenvalue weighted by molar-refractivity contribution is 0.142. The van der Waals surface area contributed by atoms with E-state index in [4.69, 9.17) is 10.5 Å². The Labute approximate surface area is 121 Å². The molecule has 0 spiro atoms. The monoisotopic (exact) mass is 300 g/mol. The fourth-order valence-electron chi connectivity index (χ4n) is 2.12. The summed E-state index contributed by atoms with van der Waals surface area (Å²) in [6, 6.07) is 6.41. The third kappa shape index (κ3) is 3.79. The maximum Gasteiger partial charge on any atom is 0.243 e. The molecule has 2 N–H and O–H groups in total. The van der Waals surface area contributed by atoms with Gasteiger partial charge in [0.15, 0.2) is 0 Å². The molecule has 1 aromatic rings. The van der Waals surface area contributed by atoms with Crippen LogP contribution in [0.2, 0.25) is 0 Å². The third-order valence-electron chi connectivity index (χ3n) is 3.22. The molecule has 0 aromatic heterocycles. The molecule has 0 saturated carbocycles. The van der Waals surface area contributed by atoms with Crippen molar-refractivity contribution in [2.75, 3.05) is 20.3 Å². The summed E-state index contributed by atoms with van der Waals surface area (Å²) in [5.74, 6) is 0. The van der Waals surface area contributed by atoms with E-state index in [9.17, 15) is 8.42 Å². The number of methoxy groups -OCH3 is 1. The maximum absolute atomic E-state index is 12.6. The van der Waals surface area contributed by atoms with Crippen molar-refractivity contribution in [1.29, 1.82) is 0 Å². The molecule has 5 nitrogen and oxygen atoms in total. The SMILES string of the molecule is CCN(C(C)COC)S(=O)(=O)c1ccc(C(C)N)cc1. The van der Waals surface area contributed by atoms with Gasteiger partial charge in [-0.2, -0.15) is 4.31 Å². The Hall–Kier alpha value is -0.950. The molecular formula is C14H24N2O3S. The van der Waals surface area contributed by atoms with Gasteiger partial charge >= 0.3 is 0 Å². The van der Waals surface area contributed by atoms with Crippen LogP contribution < -0.4 is 5.73 Å². The molecule has 0 aliphatic carbocycles. The number of rotatable bonds is 7. The largest absolute Gasteiger partial charge is 0.383 e. The average molecular weight is 300 g/mol. The van der Waals surface area contributed by atoms with E-state index in [-0.39, 0.29) is 17.0 Å². The number of hydrogen-bond donors (Lipinski definition) is 1. The molecule has 0 aliphatic heterocycles. The fraction of sp³-hybridized carbons (Fsp3) is 0.571. The highest BCUT2D eigenvalue weighted by Gasteiger charge is 2.27. The molecule has 6 heteroatoms. The van der Waals surface area contributed by atoms with E-state index in [1.165, 1.54) is 4.31 Å². The van der Waals surface area contributed by atoms with Gasteiger partial charge in [0.1, 0.15) is 0 Å². The molecule has 0 amide bonds. The van der Waals surface area contributed by atoms with Crippen LogP contribution in [0.25, 0.3) is 0 Å². The van der Waals surface area contributed by atoms with Gasteiger partial charge < -0.3 is 10.5 Å². The van der Waals surface area contributed by atoms with Crippen molar-refractivity contribution < 1.29 is 13.2 Å². The Balaban J connectivity index is 3.07. The molecular weight excluding hydrogens is 276 g/mol. The summed E-state index contributed by atoms with van der Waals surface area (Å²) in [5.41, 5.74) is 6.68. The van der Waals surface area contributed by atoms with Crippen molar-refractivity contribution in [1.82, 2.24) is 4.31 Å². The van der Waals surface area contributed by atoms with Crippen LogP contribution >= 0.6 is 0 Å². The summed E-state index contributed by atoms with van der Waals surface area (Å²) in [6.45, 7) is 6.29. The average Bonchev–Trinajstić information content (AvgIpc) is 2.39. The molecule has 0 aliphatic rings. The van der Waals surface area contributed by atoms with Crippen molar-refractivity contribution >= 4 is 10.0 Å². The maximum atomic E-state index is 12.6. The lowest BCUT2D eigenvalue weighted by atomic mass is 10.1. The number of nitrogens with two attached hydrogens (primary N) is 1. The first-order chi connectivity index (χ1) is 9.34. The number of benzene rings is 1. The van der Waals surface area contributed by atoms with E-state index >= 15 is 0 Å². The lowest BCUT2D eigenvalue weighted by Crippen LogP contribution is -2.40. The lowest BCUT2D eigenvalue weighted by Gasteiger charge is -2.26. The molecule has 0 fully saturated rings. The first-order valence-electron chi connectivity index (χ1n) is 6.70. The molecule has 2 unspecified atom stereocenters. The second-order valence-electron chi connectivity index (χ2n) is 4.87. The quantitative estimate of drug-likeness (QED) is 0.832. The summed E-state index contributed by atoms with van der Waals surface area (Å²) >= 11 is 0. The van der Waals surface area contributed by atoms with Crippen LogP contribution in [0.1, 0.15) is 32.4 Å². The second kappa shape index (κ2) is 7.17. The van der Waals surface area contributed by atoms with Crippen LogP contribution in [-0.4, -0.2) is 39.0 Å². The topological polar surface area (TPSA) is 72.6 Å². The molecule has 1 aromatic carbocycles. The summed E-state index contributed by atoms with van der Waals surface area (Å²) in [5, 5.41) is 0. The van der Waals surface area contributed by atoms with Crippen LogP contribution in [-0.2, 0) is 14.8 Å². The van der Waals surface area contributed by atoms with Crippen molar-refractivity contribution in [2.45, 2.75) is 37.8 Å². The van der Waals surface area contributed by atoms with Crippen molar-refractivity contribution in [2.24, 2.45) is 5.73 Å². The van der Waals surface area contributed by atoms with E-state index in [0.717, 1.165) is 5.56 Å². The van der Waals surface area contributed by atoms with Gasteiger partial charge in [0.2, 0.25) is 10.0 Å². The Morgan fingerprint density at radius 2 is 1.80 bits per heavy atom. The number of likely N-dealkylation sites (N-methyl/N-ethyl adjacent to an activating group) is 1. The summed E-state index contributed by atoms with van der Waals surface area (Å²) in [6.07, 6.45) is 0. The first-order valence-corrected chi connectivity index (χ1v) is 8.14. The minimum Gasteiger partial charge on any atom is -0.383 e. The highest BCUT2D eigenvalue weighted by molar-refractivity contribution is 7.89. The van der Waals surface area contributed by atoms with E-state index < -0.39 is 10.0 Å². The normalized spacial score (nSPS) is 15.3. The summed E-state index contributed by atoms with van der Waals surface area (Å²) in [4.78, 5) is 0.284. The zero-order valence-electron chi connectivity index (χ0n) is 12.5. The molecule has 0 radical (unpaired) electrons. The molecule has 0 heterocycles. The van der Waals surface area contributed by atoms with E-state index in [2.05, 4.69) is 0 Å². The molecule has 20 heavy (non-hydrogen) atoms. The van der Waals surface area contributed by atoms with Gasteiger partial charge in [-0.15, -0.1) is 0 Å². The van der Waals surface area contributed by atoms with Gasteiger partial charge in [0, 0.05) is 25.7 Å². The molecule has 114 valence electrons. The molecule has 2 atom stereocenters. The Morgan fingerprint density at radius 3 is 2.20 bits per heavy atom. The van der Waals surface area contributed by atoms with Gasteiger partial charge in [0.05, 0.1) is 11.5 Å². The minimum atomic E-state index is -3.50. The predicted octanol–water partition coefficient (Wildman–Crippen LogP) is 1.75. The summed E-state index contributed by atoms with van der Waals surface area (Å²) in [7, 11) is -1.94. The van der Waals surface area contributed by atoms with Crippen LogP contribution in [0.5, 0.6) is 0 Å². The van der Waals surface area contributed by atoms with Crippen molar-refractivity contribution in [3.63, 3.8) is 0 Å². The van der Waals surface area contributed by atoms with Gasteiger partial charge in [-0.25, -0.2) is 8.42 Å². The van der Waals surface area contributed by atoms with Crippen molar-refractivity contribution in [3.05, 3.63) is 29.8 Å². The van der Waals surface area contributed by atoms with E-state index in [0.29, 0.717) is 13.2 Å². The highest BCUT2D eigenvalue weighted by atomic mass is 32.2. The zero-order chi connectivity index (χ0) is 15.3. The van der Waals surface area contributed by atoms with Crippen LogP contribution in [0.15, 0.2) is 29.2 Å². The number of nitrogens with zero attached hydrogens (tertiary/aromatic N) is 1. The Bertz CT molecular complexity index is 512. The highest BCUT2D eigenvalue weighted by Crippen LogP contribution is 2.20. The van der Waals surface area contributed by atoms with Crippen molar-refractivity contribution in [3.8, 4) is 0 Å². The van der Waals surface area contributed by atoms with Gasteiger partial charge in [-0.05, 0) is 31.5 Å². The summed E-state index contributed by atoms with van der Waals surface area (Å²) < 4.78 is 31.7. The van der Waals surface area contributed by atoms with Crippen LogP contribution in [0.3, 0.4) is 0 Å². The smallest absolute Gasteiger partial charge is 0.243 e. The first kappa shape index (κ1) is 17.1. The van der Waals surface area contributed by atoms with Crippen LogP contribution in [0.4, 0.5) is 0 Å². The Morgan fingerprint density at radius 1 is 1.25 bits per heavy atom. The minimum absolute atomic E-state index is 0.110.